The number of carbonyl (C=O) groups excluding carboxylic acids is 1. The number of amides is 1. The number of nitrogens with one attached hydrogen (secondary N) is 1. The molecule has 1 aliphatic rings. The second-order valence-corrected chi connectivity index (χ2v) is 7.42. The first kappa shape index (κ1) is 20.3. The van der Waals surface area contributed by atoms with Gasteiger partial charge in [-0.15, -0.1) is 0 Å². The summed E-state index contributed by atoms with van der Waals surface area (Å²) in [5, 5.41) is 8.81. The van der Waals surface area contributed by atoms with Gasteiger partial charge in [0, 0.05) is 43.9 Å². The van der Waals surface area contributed by atoms with Gasteiger partial charge in [0.2, 0.25) is 0 Å². The molecule has 0 bridgehead atoms. The van der Waals surface area contributed by atoms with E-state index in [4.69, 9.17) is 5.21 Å². The van der Waals surface area contributed by atoms with Crippen LogP contribution in [0, 0.1) is 5.82 Å². The number of hydroxylamine groups is 1. The van der Waals surface area contributed by atoms with Gasteiger partial charge in [0.15, 0.2) is 0 Å². The SMILES string of the molecule is CCN1CCN(Cc2ccc(-c3cnc4ccc(C(=O)NO)cc4n3)c(F)c2)CC1. The van der Waals surface area contributed by atoms with Crippen molar-refractivity contribution in [3.05, 3.63) is 59.5 Å². The van der Waals surface area contributed by atoms with Crippen molar-refractivity contribution in [3.8, 4) is 11.3 Å². The molecule has 156 valence electrons. The molecule has 0 saturated carbocycles. The lowest BCUT2D eigenvalue weighted by Gasteiger charge is -2.34. The summed E-state index contributed by atoms with van der Waals surface area (Å²) in [6, 6.07) is 9.90. The van der Waals surface area contributed by atoms with Gasteiger partial charge in [-0.2, -0.15) is 0 Å². The predicted molar refractivity (Wildman–Crippen MR) is 112 cm³/mol. The molecule has 0 atom stereocenters. The number of carbonyl (C=O) groups is 1. The number of hydrogen-bond donors (Lipinski definition) is 2. The van der Waals surface area contributed by atoms with Crippen molar-refractivity contribution in [2.45, 2.75) is 13.5 Å². The zero-order chi connectivity index (χ0) is 21.1. The van der Waals surface area contributed by atoms with Gasteiger partial charge >= 0.3 is 0 Å². The highest BCUT2D eigenvalue weighted by Crippen LogP contribution is 2.24. The molecule has 1 fully saturated rings. The van der Waals surface area contributed by atoms with E-state index in [1.54, 1.807) is 23.7 Å². The quantitative estimate of drug-likeness (QED) is 0.498. The third kappa shape index (κ3) is 4.30. The van der Waals surface area contributed by atoms with Crippen LogP contribution >= 0.6 is 0 Å². The van der Waals surface area contributed by atoms with E-state index in [1.165, 1.54) is 18.3 Å². The van der Waals surface area contributed by atoms with Gasteiger partial charge in [-0.05, 0) is 42.4 Å². The Balaban J connectivity index is 1.55. The van der Waals surface area contributed by atoms with Gasteiger partial charge in [0.1, 0.15) is 5.82 Å². The molecule has 1 amide bonds. The number of fused-ring (bicyclic) bond motifs is 1. The van der Waals surface area contributed by atoms with Crippen molar-refractivity contribution in [1.82, 2.24) is 25.2 Å². The zero-order valence-corrected chi connectivity index (χ0v) is 16.8. The van der Waals surface area contributed by atoms with Crippen molar-refractivity contribution in [1.29, 1.82) is 0 Å². The Hall–Kier alpha value is -2.94. The van der Waals surface area contributed by atoms with Gasteiger partial charge in [-0.25, -0.2) is 14.9 Å². The fourth-order valence-corrected chi connectivity index (χ4v) is 3.73. The molecule has 30 heavy (non-hydrogen) atoms. The third-order valence-corrected chi connectivity index (χ3v) is 5.53. The molecule has 2 heterocycles. The van der Waals surface area contributed by atoms with Crippen molar-refractivity contribution < 1.29 is 14.4 Å². The maximum atomic E-state index is 14.9. The lowest BCUT2D eigenvalue weighted by Crippen LogP contribution is -2.45. The second kappa shape index (κ2) is 8.83. The predicted octanol–water partition coefficient (Wildman–Crippen LogP) is 2.69. The van der Waals surface area contributed by atoms with Crippen molar-refractivity contribution >= 4 is 16.9 Å². The highest BCUT2D eigenvalue weighted by atomic mass is 19.1. The molecule has 2 N–H and O–H groups in total. The summed E-state index contributed by atoms with van der Waals surface area (Å²) in [4.78, 5) is 25.2. The van der Waals surface area contributed by atoms with Gasteiger partial charge in [0.05, 0.1) is 22.9 Å². The average Bonchev–Trinajstić information content (AvgIpc) is 2.78. The molecule has 4 rings (SSSR count). The Morgan fingerprint density at radius 2 is 1.87 bits per heavy atom. The van der Waals surface area contributed by atoms with Crippen LogP contribution in [0.1, 0.15) is 22.8 Å². The van der Waals surface area contributed by atoms with E-state index in [0.29, 0.717) is 22.3 Å². The van der Waals surface area contributed by atoms with Crippen LogP contribution in [-0.2, 0) is 6.54 Å². The molecule has 0 unspecified atom stereocenters. The summed E-state index contributed by atoms with van der Waals surface area (Å²) >= 11 is 0. The standard InChI is InChI=1S/C22H24FN5O2/c1-2-27-7-9-28(10-8-27)14-15-3-5-17(18(23)11-15)21-13-24-19-6-4-16(22(29)26-30)12-20(19)25-21/h3-6,11-13,30H,2,7-10,14H2,1H3,(H,26,29). The normalized spacial score (nSPS) is 15.4. The van der Waals surface area contributed by atoms with E-state index in [2.05, 4.69) is 26.7 Å². The molecule has 1 saturated heterocycles. The number of hydrogen-bond acceptors (Lipinski definition) is 6. The van der Waals surface area contributed by atoms with Gasteiger partial charge in [0.25, 0.3) is 5.91 Å². The molecular formula is C22H24FN5O2. The van der Waals surface area contributed by atoms with E-state index >= 15 is 0 Å². The average molecular weight is 409 g/mol. The largest absolute Gasteiger partial charge is 0.301 e. The second-order valence-electron chi connectivity index (χ2n) is 7.42. The molecule has 1 aromatic heterocycles. The highest BCUT2D eigenvalue weighted by molar-refractivity contribution is 5.96. The molecule has 8 heteroatoms. The molecule has 1 aliphatic heterocycles. The van der Waals surface area contributed by atoms with Crippen LogP contribution in [0.3, 0.4) is 0 Å². The maximum Gasteiger partial charge on any atom is 0.274 e. The lowest BCUT2D eigenvalue weighted by atomic mass is 10.1. The number of piperazine rings is 1. The van der Waals surface area contributed by atoms with Crippen molar-refractivity contribution in [2.24, 2.45) is 0 Å². The van der Waals surface area contributed by atoms with Gasteiger partial charge in [-0.3, -0.25) is 19.9 Å². The monoisotopic (exact) mass is 409 g/mol. The first-order chi connectivity index (χ1) is 14.6. The summed E-state index contributed by atoms with van der Waals surface area (Å²) in [6.45, 7) is 8.00. The Labute approximate surface area is 174 Å². The number of nitrogens with zero attached hydrogens (tertiary/aromatic N) is 4. The summed E-state index contributed by atoms with van der Waals surface area (Å²) in [6.07, 6.45) is 1.52. The number of halogens is 1. The minimum Gasteiger partial charge on any atom is -0.301 e. The van der Waals surface area contributed by atoms with Crippen LogP contribution in [0.15, 0.2) is 42.6 Å². The molecule has 0 spiro atoms. The van der Waals surface area contributed by atoms with Crippen LogP contribution in [-0.4, -0.2) is 63.6 Å². The topological polar surface area (TPSA) is 81.6 Å². The minimum absolute atomic E-state index is 0.246. The van der Waals surface area contributed by atoms with E-state index in [0.717, 1.165) is 44.8 Å². The summed E-state index contributed by atoms with van der Waals surface area (Å²) < 4.78 is 14.9. The fourth-order valence-electron chi connectivity index (χ4n) is 3.73. The number of rotatable bonds is 5. The van der Waals surface area contributed by atoms with E-state index in [9.17, 15) is 9.18 Å². The molecule has 0 aliphatic carbocycles. The van der Waals surface area contributed by atoms with Crippen molar-refractivity contribution in [2.75, 3.05) is 32.7 Å². The number of benzene rings is 2. The van der Waals surface area contributed by atoms with E-state index < -0.39 is 5.91 Å². The molecule has 3 aromatic rings. The fraction of sp³-hybridized carbons (Fsp3) is 0.318. The molecular weight excluding hydrogens is 385 g/mol. The van der Waals surface area contributed by atoms with Crippen LogP contribution in [0.25, 0.3) is 22.3 Å². The Morgan fingerprint density at radius 3 is 2.57 bits per heavy atom. The molecule has 0 radical (unpaired) electrons. The summed E-state index contributed by atoms with van der Waals surface area (Å²) in [7, 11) is 0. The minimum atomic E-state index is -0.639. The van der Waals surface area contributed by atoms with E-state index in [1.807, 2.05) is 6.07 Å². The first-order valence-corrected chi connectivity index (χ1v) is 10.0. The number of aromatic nitrogens is 2. The zero-order valence-electron chi connectivity index (χ0n) is 16.8. The van der Waals surface area contributed by atoms with E-state index in [-0.39, 0.29) is 11.4 Å². The van der Waals surface area contributed by atoms with Crippen LogP contribution in [0.5, 0.6) is 0 Å². The number of likely N-dealkylation sites (N-methyl/N-ethyl adjacent to an activating group) is 1. The van der Waals surface area contributed by atoms with Crippen LogP contribution in [0.4, 0.5) is 4.39 Å². The Morgan fingerprint density at radius 1 is 1.10 bits per heavy atom. The smallest absolute Gasteiger partial charge is 0.274 e. The lowest BCUT2D eigenvalue weighted by molar-refractivity contribution is 0.0706. The first-order valence-electron chi connectivity index (χ1n) is 10.0. The summed E-state index contributed by atoms with van der Waals surface area (Å²) in [5.74, 6) is -0.989. The Bertz CT molecular complexity index is 1070. The molecule has 7 nitrogen and oxygen atoms in total. The van der Waals surface area contributed by atoms with Crippen LogP contribution in [0.2, 0.25) is 0 Å². The van der Waals surface area contributed by atoms with Crippen LogP contribution < -0.4 is 5.48 Å². The van der Waals surface area contributed by atoms with Gasteiger partial charge in [-0.1, -0.05) is 13.0 Å². The van der Waals surface area contributed by atoms with Crippen molar-refractivity contribution in [3.63, 3.8) is 0 Å². The Kier molecular flexibility index (Phi) is 5.98. The highest BCUT2D eigenvalue weighted by Gasteiger charge is 2.17. The third-order valence-electron chi connectivity index (χ3n) is 5.53. The maximum absolute atomic E-state index is 14.9. The summed E-state index contributed by atoms with van der Waals surface area (Å²) in [5.41, 5.74) is 4.55. The van der Waals surface area contributed by atoms with Gasteiger partial charge < -0.3 is 4.90 Å². The molecule has 2 aromatic carbocycles.